The van der Waals surface area contributed by atoms with Crippen molar-refractivity contribution in [3.8, 4) is 17.2 Å². The van der Waals surface area contributed by atoms with E-state index in [0.29, 0.717) is 11.8 Å². The van der Waals surface area contributed by atoms with Crippen LogP contribution in [0.5, 0.6) is 5.75 Å². The van der Waals surface area contributed by atoms with E-state index in [1.54, 1.807) is 25.5 Å². The maximum Gasteiger partial charge on any atom is 0.226 e. The number of H-pyrrole nitrogens is 1. The van der Waals surface area contributed by atoms with E-state index in [1.165, 1.54) is 23.1 Å². The lowest BCUT2D eigenvalue weighted by atomic mass is 9.89. The molecule has 0 atom stereocenters. The average Bonchev–Trinajstić information content (AvgIpc) is 3.41. The number of hydrogen-bond acceptors (Lipinski definition) is 4. The van der Waals surface area contributed by atoms with Crippen molar-refractivity contribution >= 4 is 10.9 Å². The van der Waals surface area contributed by atoms with Crippen LogP contribution in [0.3, 0.4) is 0 Å². The van der Waals surface area contributed by atoms with E-state index in [0.717, 1.165) is 55.0 Å². The molecule has 30 heavy (non-hydrogen) atoms. The number of nitrogens with zero attached hydrogens (tertiary/aromatic N) is 2. The van der Waals surface area contributed by atoms with E-state index >= 15 is 0 Å². The van der Waals surface area contributed by atoms with E-state index < -0.39 is 0 Å². The summed E-state index contributed by atoms with van der Waals surface area (Å²) in [6.45, 7) is 2.79. The third kappa shape index (κ3) is 3.71. The van der Waals surface area contributed by atoms with Crippen molar-refractivity contribution in [1.29, 1.82) is 0 Å². The summed E-state index contributed by atoms with van der Waals surface area (Å²) < 4.78 is 24.1. The molecular weight excluding hydrogens is 381 g/mol. The molecule has 1 aliphatic heterocycles. The molecule has 1 fully saturated rings. The lowest BCUT2D eigenvalue weighted by molar-refractivity contribution is 0.203. The van der Waals surface area contributed by atoms with Gasteiger partial charge in [-0.25, -0.2) is 9.37 Å². The van der Waals surface area contributed by atoms with Gasteiger partial charge in [0.25, 0.3) is 0 Å². The number of nitrogens with one attached hydrogen (secondary N) is 1. The average molecular weight is 405 g/mol. The van der Waals surface area contributed by atoms with Crippen LogP contribution in [-0.2, 0) is 6.54 Å². The number of oxazole rings is 1. The normalized spacial score (nSPS) is 15.7. The quantitative estimate of drug-likeness (QED) is 0.486. The zero-order chi connectivity index (χ0) is 20.5. The van der Waals surface area contributed by atoms with Gasteiger partial charge in [-0.3, -0.25) is 4.90 Å². The highest BCUT2D eigenvalue weighted by molar-refractivity contribution is 5.85. The molecule has 0 radical (unpaired) electrons. The second-order valence-corrected chi connectivity index (χ2v) is 7.86. The predicted octanol–water partition coefficient (Wildman–Crippen LogP) is 5.35. The molecule has 2 aromatic heterocycles. The number of aromatic amines is 1. The standard InChI is InChI=1S/C24H24FN3O2/c1-29-20-6-7-23-21(12-20)22(13-26-23)16-8-10-28(11-9-16)14-19-15-30-24(27-19)17-2-4-18(25)5-3-17/h2-7,12-13,15-16,26H,8-11,14H2,1H3. The zero-order valence-electron chi connectivity index (χ0n) is 16.9. The fourth-order valence-electron chi connectivity index (χ4n) is 4.32. The number of hydrogen-bond donors (Lipinski definition) is 1. The summed E-state index contributed by atoms with van der Waals surface area (Å²) in [5, 5.41) is 1.26. The van der Waals surface area contributed by atoms with E-state index in [4.69, 9.17) is 9.15 Å². The Balaban J connectivity index is 1.23. The van der Waals surface area contributed by atoms with Crippen molar-refractivity contribution in [2.75, 3.05) is 20.2 Å². The molecule has 0 aliphatic carbocycles. The number of halogens is 1. The first-order valence-corrected chi connectivity index (χ1v) is 10.3. The minimum absolute atomic E-state index is 0.262. The highest BCUT2D eigenvalue weighted by Crippen LogP contribution is 2.35. The molecular formula is C24H24FN3O2. The van der Waals surface area contributed by atoms with Crippen LogP contribution in [0.1, 0.15) is 30.0 Å². The molecule has 0 unspecified atom stereocenters. The second kappa shape index (κ2) is 7.95. The van der Waals surface area contributed by atoms with Crippen LogP contribution in [0, 0.1) is 5.82 Å². The summed E-state index contributed by atoms with van der Waals surface area (Å²) in [6, 6.07) is 12.4. The number of aromatic nitrogens is 2. The van der Waals surface area contributed by atoms with Gasteiger partial charge >= 0.3 is 0 Å². The van der Waals surface area contributed by atoms with Gasteiger partial charge in [0.1, 0.15) is 17.8 Å². The van der Waals surface area contributed by atoms with Crippen LogP contribution in [0.15, 0.2) is 59.3 Å². The van der Waals surface area contributed by atoms with E-state index in [1.807, 2.05) is 6.07 Å². The Morgan fingerprint density at radius 3 is 2.73 bits per heavy atom. The Hall–Kier alpha value is -3.12. The molecule has 3 heterocycles. The molecule has 4 aromatic rings. The molecule has 5 rings (SSSR count). The van der Waals surface area contributed by atoms with Crippen molar-refractivity contribution in [2.24, 2.45) is 0 Å². The predicted molar refractivity (Wildman–Crippen MR) is 114 cm³/mol. The molecule has 0 amide bonds. The van der Waals surface area contributed by atoms with Crippen molar-refractivity contribution in [3.63, 3.8) is 0 Å². The minimum Gasteiger partial charge on any atom is -0.497 e. The van der Waals surface area contributed by atoms with Gasteiger partial charge in [-0.05, 0) is 79.9 Å². The fraction of sp³-hybridized carbons (Fsp3) is 0.292. The van der Waals surface area contributed by atoms with Crippen LogP contribution < -0.4 is 4.74 Å². The Morgan fingerprint density at radius 1 is 1.17 bits per heavy atom. The number of fused-ring (bicyclic) bond motifs is 1. The molecule has 0 spiro atoms. The molecule has 1 N–H and O–H groups in total. The molecule has 2 aromatic carbocycles. The monoisotopic (exact) mass is 405 g/mol. The summed E-state index contributed by atoms with van der Waals surface area (Å²) in [5.41, 5.74) is 4.23. The molecule has 1 saturated heterocycles. The van der Waals surface area contributed by atoms with Crippen LogP contribution in [0.2, 0.25) is 0 Å². The molecule has 0 saturated carbocycles. The maximum absolute atomic E-state index is 13.1. The molecule has 6 heteroatoms. The van der Waals surface area contributed by atoms with Crippen LogP contribution in [0.4, 0.5) is 4.39 Å². The lowest BCUT2D eigenvalue weighted by Crippen LogP contribution is -2.32. The van der Waals surface area contributed by atoms with Crippen LogP contribution in [-0.4, -0.2) is 35.1 Å². The van der Waals surface area contributed by atoms with Crippen molar-refractivity contribution in [3.05, 3.63) is 72.0 Å². The van der Waals surface area contributed by atoms with Gasteiger partial charge in [0.15, 0.2) is 0 Å². The highest BCUT2D eigenvalue weighted by atomic mass is 19.1. The first-order valence-electron chi connectivity index (χ1n) is 10.3. The van der Waals surface area contributed by atoms with E-state index in [2.05, 4.69) is 33.2 Å². The lowest BCUT2D eigenvalue weighted by Gasteiger charge is -2.31. The third-order valence-electron chi connectivity index (χ3n) is 5.98. The van der Waals surface area contributed by atoms with Gasteiger partial charge in [-0.2, -0.15) is 0 Å². The van der Waals surface area contributed by atoms with E-state index in [-0.39, 0.29) is 5.82 Å². The van der Waals surface area contributed by atoms with Crippen molar-refractivity contribution in [2.45, 2.75) is 25.3 Å². The maximum atomic E-state index is 13.1. The zero-order valence-corrected chi connectivity index (χ0v) is 16.9. The summed E-state index contributed by atoms with van der Waals surface area (Å²) in [5.74, 6) is 1.70. The summed E-state index contributed by atoms with van der Waals surface area (Å²) in [7, 11) is 1.71. The Labute approximate surface area is 174 Å². The highest BCUT2D eigenvalue weighted by Gasteiger charge is 2.23. The van der Waals surface area contributed by atoms with Gasteiger partial charge in [0, 0.05) is 29.2 Å². The fourth-order valence-corrected chi connectivity index (χ4v) is 4.32. The molecule has 0 bridgehead atoms. The number of methoxy groups -OCH3 is 1. The number of rotatable bonds is 5. The van der Waals surface area contributed by atoms with E-state index in [9.17, 15) is 4.39 Å². The number of ether oxygens (including phenoxy) is 1. The van der Waals surface area contributed by atoms with Gasteiger partial charge in [0.2, 0.25) is 5.89 Å². The smallest absolute Gasteiger partial charge is 0.226 e. The Morgan fingerprint density at radius 2 is 1.97 bits per heavy atom. The first-order chi connectivity index (χ1) is 14.7. The van der Waals surface area contributed by atoms with Gasteiger partial charge in [-0.15, -0.1) is 0 Å². The second-order valence-electron chi connectivity index (χ2n) is 7.86. The minimum atomic E-state index is -0.262. The summed E-state index contributed by atoms with van der Waals surface area (Å²) in [4.78, 5) is 10.4. The van der Waals surface area contributed by atoms with Gasteiger partial charge < -0.3 is 14.1 Å². The molecule has 1 aliphatic rings. The third-order valence-corrected chi connectivity index (χ3v) is 5.98. The topological polar surface area (TPSA) is 54.3 Å². The summed E-state index contributed by atoms with van der Waals surface area (Å²) >= 11 is 0. The van der Waals surface area contributed by atoms with Crippen LogP contribution in [0.25, 0.3) is 22.4 Å². The number of piperidine rings is 1. The first kappa shape index (κ1) is 18.9. The largest absolute Gasteiger partial charge is 0.497 e. The van der Waals surface area contributed by atoms with Crippen molar-refractivity contribution < 1.29 is 13.5 Å². The Bertz CT molecular complexity index is 1140. The van der Waals surface area contributed by atoms with Gasteiger partial charge in [-0.1, -0.05) is 0 Å². The van der Waals surface area contributed by atoms with Gasteiger partial charge in [0.05, 0.1) is 12.8 Å². The number of likely N-dealkylation sites (tertiary alicyclic amines) is 1. The molecule has 5 nitrogen and oxygen atoms in total. The SMILES string of the molecule is COc1ccc2[nH]cc(C3CCN(Cc4coc(-c5ccc(F)cc5)n4)CC3)c2c1. The Kier molecular flexibility index (Phi) is 5.01. The summed E-state index contributed by atoms with van der Waals surface area (Å²) in [6.07, 6.45) is 6.06. The van der Waals surface area contributed by atoms with Crippen LogP contribution >= 0.6 is 0 Å². The van der Waals surface area contributed by atoms with Crippen molar-refractivity contribution in [1.82, 2.24) is 14.9 Å². The molecule has 154 valence electrons. The number of benzene rings is 2.